The summed E-state index contributed by atoms with van der Waals surface area (Å²) in [5.41, 5.74) is -1.61. The third-order valence-electron chi connectivity index (χ3n) is 6.90. The van der Waals surface area contributed by atoms with Crippen LogP contribution in [0.5, 0.6) is 0 Å². The third kappa shape index (κ3) is 26.3. The summed E-state index contributed by atoms with van der Waals surface area (Å²) in [6, 6.07) is 0. The van der Waals surface area contributed by atoms with E-state index in [0.29, 0.717) is 6.42 Å². The molecule has 0 aliphatic carbocycles. The Morgan fingerprint density at radius 1 is 0.455 bits per heavy atom. The van der Waals surface area contributed by atoms with Crippen LogP contribution in [0.15, 0.2) is 0 Å². The Labute approximate surface area is 207 Å². The number of hydrogen-bond acceptors (Lipinski definition) is 3. The molecule has 0 heterocycles. The molecule has 0 spiro atoms. The van der Waals surface area contributed by atoms with Crippen molar-refractivity contribution in [3.8, 4) is 0 Å². The average molecular weight is 491 g/mol. The second kappa shape index (κ2) is 25.0. The molecule has 0 radical (unpaired) electrons. The fraction of sp³-hybridized carbons (Fsp3) is 1.00. The lowest BCUT2D eigenvalue weighted by atomic mass is 10.0. The highest BCUT2D eigenvalue weighted by Crippen LogP contribution is 2.16. The highest BCUT2D eigenvalue weighted by molar-refractivity contribution is 7.86. The first kappa shape index (κ1) is 32.9. The van der Waals surface area contributed by atoms with E-state index >= 15 is 0 Å². The molecule has 33 heavy (non-hydrogen) atoms. The van der Waals surface area contributed by atoms with Gasteiger partial charge in [0.1, 0.15) is 0 Å². The van der Waals surface area contributed by atoms with Crippen LogP contribution in [0.2, 0.25) is 0 Å². The van der Waals surface area contributed by atoms with Crippen LogP contribution in [0.1, 0.15) is 174 Å². The molecule has 1 unspecified atom stereocenters. The maximum Gasteiger partial charge on any atom is 0.291 e. The van der Waals surface area contributed by atoms with Gasteiger partial charge in [-0.1, -0.05) is 161 Å². The normalized spacial score (nSPS) is 12.9. The predicted molar refractivity (Wildman–Crippen MR) is 143 cm³/mol. The Hall–Kier alpha value is -0.130. The Morgan fingerprint density at radius 2 is 0.667 bits per heavy atom. The zero-order chi connectivity index (χ0) is 24.5. The van der Waals surface area contributed by atoms with Crippen molar-refractivity contribution in [3.05, 3.63) is 0 Å². The van der Waals surface area contributed by atoms with Crippen molar-refractivity contribution in [2.75, 3.05) is 0 Å². The van der Waals surface area contributed by atoms with Gasteiger partial charge in [0.05, 0.1) is 0 Å². The van der Waals surface area contributed by atoms with E-state index in [4.69, 9.17) is 4.55 Å². The molecule has 200 valence electrons. The SMILES string of the molecule is CCCCCCCCCCCCCCCCCCCCCCCCCCCC(O)S(=O)(=O)O. The number of aliphatic hydroxyl groups is 1. The van der Waals surface area contributed by atoms with E-state index in [1.54, 1.807) is 0 Å². The Balaban J connectivity index is 3.09. The van der Waals surface area contributed by atoms with Crippen LogP contribution >= 0.6 is 0 Å². The molecule has 0 rings (SSSR count). The predicted octanol–water partition coefficient (Wildman–Crippen LogP) is 9.36. The summed E-state index contributed by atoms with van der Waals surface area (Å²) < 4.78 is 30.1. The molecule has 0 fully saturated rings. The minimum Gasteiger partial charge on any atom is -0.375 e. The summed E-state index contributed by atoms with van der Waals surface area (Å²) in [6.07, 6.45) is 33.5. The zero-order valence-electron chi connectivity index (χ0n) is 22.1. The minimum absolute atomic E-state index is 0.137. The van der Waals surface area contributed by atoms with E-state index in [0.717, 1.165) is 12.8 Å². The van der Waals surface area contributed by atoms with Gasteiger partial charge in [-0.25, -0.2) is 0 Å². The van der Waals surface area contributed by atoms with Crippen molar-refractivity contribution >= 4 is 10.1 Å². The first-order chi connectivity index (χ1) is 16.0. The molecule has 0 aliphatic rings. The largest absolute Gasteiger partial charge is 0.375 e. The van der Waals surface area contributed by atoms with Crippen molar-refractivity contribution in [1.29, 1.82) is 0 Å². The van der Waals surface area contributed by atoms with Gasteiger partial charge in [-0.15, -0.1) is 0 Å². The van der Waals surface area contributed by atoms with Gasteiger partial charge in [-0.3, -0.25) is 4.55 Å². The highest BCUT2D eigenvalue weighted by atomic mass is 32.2. The van der Waals surface area contributed by atoms with Crippen molar-refractivity contribution in [3.63, 3.8) is 0 Å². The molecular weight excluding hydrogens is 432 g/mol. The fourth-order valence-electron chi connectivity index (χ4n) is 4.61. The van der Waals surface area contributed by atoms with Crippen LogP contribution in [-0.2, 0) is 10.1 Å². The Bertz CT molecular complexity index is 478. The van der Waals surface area contributed by atoms with Gasteiger partial charge in [-0.2, -0.15) is 8.42 Å². The molecule has 0 saturated carbocycles. The molecular formula is C28H58O4S. The van der Waals surface area contributed by atoms with E-state index in [1.165, 1.54) is 141 Å². The van der Waals surface area contributed by atoms with Gasteiger partial charge in [0.25, 0.3) is 10.1 Å². The van der Waals surface area contributed by atoms with Gasteiger partial charge < -0.3 is 5.11 Å². The number of rotatable bonds is 27. The lowest BCUT2D eigenvalue weighted by Crippen LogP contribution is -2.19. The van der Waals surface area contributed by atoms with E-state index in [2.05, 4.69) is 6.92 Å². The average Bonchev–Trinajstić information content (AvgIpc) is 2.78. The Morgan fingerprint density at radius 3 is 0.879 bits per heavy atom. The van der Waals surface area contributed by atoms with Crippen LogP contribution in [0, 0.1) is 0 Å². The third-order valence-corrected chi connectivity index (χ3v) is 7.82. The first-order valence-corrected chi connectivity index (χ1v) is 16.1. The lowest BCUT2D eigenvalue weighted by Gasteiger charge is -2.06. The second-order valence-corrected chi connectivity index (χ2v) is 11.8. The van der Waals surface area contributed by atoms with E-state index in [-0.39, 0.29) is 6.42 Å². The topological polar surface area (TPSA) is 74.6 Å². The van der Waals surface area contributed by atoms with Crippen LogP contribution < -0.4 is 0 Å². The molecule has 0 aromatic carbocycles. The van der Waals surface area contributed by atoms with Gasteiger partial charge in [0, 0.05) is 0 Å². The molecule has 0 aromatic heterocycles. The van der Waals surface area contributed by atoms with Gasteiger partial charge in [-0.05, 0) is 12.8 Å². The maximum absolute atomic E-state index is 10.7. The van der Waals surface area contributed by atoms with E-state index < -0.39 is 15.6 Å². The second-order valence-electron chi connectivity index (χ2n) is 10.2. The molecule has 5 heteroatoms. The number of unbranched alkanes of at least 4 members (excludes halogenated alkanes) is 24. The molecule has 0 aromatic rings. The van der Waals surface area contributed by atoms with Crippen LogP contribution in [0.25, 0.3) is 0 Å². The first-order valence-electron chi connectivity index (χ1n) is 14.6. The molecule has 0 amide bonds. The van der Waals surface area contributed by atoms with E-state index in [1.807, 2.05) is 0 Å². The summed E-state index contributed by atoms with van der Waals surface area (Å²) in [5.74, 6) is 0. The quantitative estimate of drug-likeness (QED) is 0.0888. The molecule has 0 bridgehead atoms. The monoisotopic (exact) mass is 490 g/mol. The van der Waals surface area contributed by atoms with Crippen molar-refractivity contribution in [2.24, 2.45) is 0 Å². The Kier molecular flexibility index (Phi) is 24.9. The van der Waals surface area contributed by atoms with Gasteiger partial charge in [0.2, 0.25) is 0 Å². The van der Waals surface area contributed by atoms with Gasteiger partial charge in [0.15, 0.2) is 5.44 Å². The summed E-state index contributed by atoms with van der Waals surface area (Å²) in [5, 5.41) is 9.23. The highest BCUT2D eigenvalue weighted by Gasteiger charge is 2.18. The lowest BCUT2D eigenvalue weighted by molar-refractivity contribution is 0.219. The molecule has 0 saturated heterocycles. The van der Waals surface area contributed by atoms with Gasteiger partial charge >= 0.3 is 0 Å². The zero-order valence-corrected chi connectivity index (χ0v) is 22.9. The molecule has 1 atom stereocenters. The standard InChI is InChI=1S/C28H58O4S/c1-2-3-4-5-6-7-8-9-10-11-12-13-14-15-16-17-18-19-20-21-22-23-24-25-26-27-28(29)33(30,31)32/h28-29H,2-27H2,1H3,(H,30,31,32). The van der Waals surface area contributed by atoms with Crippen LogP contribution in [0.3, 0.4) is 0 Å². The van der Waals surface area contributed by atoms with Crippen LogP contribution in [0.4, 0.5) is 0 Å². The summed E-state index contributed by atoms with van der Waals surface area (Å²) in [4.78, 5) is 0. The van der Waals surface area contributed by atoms with Crippen LogP contribution in [-0.4, -0.2) is 23.5 Å². The van der Waals surface area contributed by atoms with Crippen molar-refractivity contribution in [2.45, 2.75) is 179 Å². The van der Waals surface area contributed by atoms with Crippen molar-refractivity contribution < 1.29 is 18.1 Å². The number of hydrogen-bond donors (Lipinski definition) is 2. The summed E-state index contributed by atoms with van der Waals surface area (Å²) in [7, 11) is -4.28. The fourth-order valence-corrected chi connectivity index (χ4v) is 5.07. The summed E-state index contributed by atoms with van der Waals surface area (Å²) >= 11 is 0. The minimum atomic E-state index is -4.28. The van der Waals surface area contributed by atoms with Crippen molar-refractivity contribution in [1.82, 2.24) is 0 Å². The molecule has 0 aliphatic heterocycles. The van der Waals surface area contributed by atoms with E-state index in [9.17, 15) is 13.5 Å². The molecule has 4 nitrogen and oxygen atoms in total. The smallest absolute Gasteiger partial charge is 0.291 e. The molecule has 2 N–H and O–H groups in total. The summed E-state index contributed by atoms with van der Waals surface area (Å²) in [6.45, 7) is 2.29. The maximum atomic E-state index is 10.7. The number of aliphatic hydroxyl groups excluding tert-OH is 1.